The van der Waals surface area contributed by atoms with Crippen molar-refractivity contribution in [3.8, 4) is 11.3 Å². The lowest BCUT2D eigenvalue weighted by molar-refractivity contribution is -0.146. The van der Waals surface area contributed by atoms with Crippen LogP contribution in [0.1, 0.15) is 15.9 Å². The zero-order valence-corrected chi connectivity index (χ0v) is 17.3. The lowest BCUT2D eigenvalue weighted by Crippen LogP contribution is -2.36. The summed E-state index contributed by atoms with van der Waals surface area (Å²) < 4.78 is 4.96. The van der Waals surface area contributed by atoms with Gasteiger partial charge in [0.2, 0.25) is 0 Å². The van der Waals surface area contributed by atoms with Crippen LogP contribution in [0.25, 0.3) is 11.3 Å². The summed E-state index contributed by atoms with van der Waals surface area (Å²) in [5, 5.41) is 4.78. The van der Waals surface area contributed by atoms with Crippen molar-refractivity contribution in [2.75, 3.05) is 23.4 Å². The number of esters is 1. The molecule has 1 aromatic heterocycles. The van der Waals surface area contributed by atoms with Crippen molar-refractivity contribution in [3.63, 3.8) is 0 Å². The van der Waals surface area contributed by atoms with Gasteiger partial charge in [-0.3, -0.25) is 29.4 Å². The molecule has 31 heavy (non-hydrogen) atoms. The predicted molar refractivity (Wildman–Crippen MR) is 115 cm³/mol. The molecule has 9 heteroatoms. The second-order valence-electron chi connectivity index (χ2n) is 6.85. The molecule has 0 bridgehead atoms. The largest absolute Gasteiger partial charge is 0.454 e. The van der Waals surface area contributed by atoms with E-state index in [9.17, 15) is 19.2 Å². The Hall–Kier alpha value is -3.85. The third kappa shape index (κ3) is 4.36. The maximum atomic E-state index is 12.1. The summed E-state index contributed by atoms with van der Waals surface area (Å²) >= 11 is 1.26. The van der Waals surface area contributed by atoms with Gasteiger partial charge >= 0.3 is 5.97 Å². The minimum Gasteiger partial charge on any atom is -0.454 e. The number of nitrogens with zero attached hydrogens (tertiary/aromatic N) is 2. The van der Waals surface area contributed by atoms with Crippen molar-refractivity contribution in [1.82, 2.24) is 4.98 Å². The smallest absolute Gasteiger partial charge is 0.326 e. The average molecular weight is 435 g/mol. The summed E-state index contributed by atoms with van der Waals surface area (Å²) in [4.78, 5) is 53.7. The molecule has 2 aromatic carbocycles. The number of hydrogen-bond acceptors (Lipinski definition) is 7. The highest BCUT2D eigenvalue weighted by atomic mass is 32.1. The number of nitrogens with one attached hydrogen (secondary N) is 1. The molecule has 2 heterocycles. The highest BCUT2D eigenvalue weighted by molar-refractivity contribution is 7.14. The van der Waals surface area contributed by atoms with Gasteiger partial charge < -0.3 is 4.74 Å². The summed E-state index contributed by atoms with van der Waals surface area (Å²) in [5.41, 5.74) is 3.39. The number of carbonyl (C=O) groups excluding carboxylic acids is 4. The maximum absolute atomic E-state index is 12.1. The van der Waals surface area contributed by atoms with Crippen LogP contribution in [0.5, 0.6) is 0 Å². The number of hydrogen-bond donors (Lipinski definition) is 1. The van der Waals surface area contributed by atoms with Gasteiger partial charge in [-0.15, -0.1) is 11.3 Å². The van der Waals surface area contributed by atoms with Crippen LogP contribution in [0.3, 0.4) is 0 Å². The summed E-state index contributed by atoms with van der Waals surface area (Å²) in [6, 6.07) is 14.2. The highest BCUT2D eigenvalue weighted by Crippen LogP contribution is 2.28. The number of aryl methyl sites for hydroxylation is 1. The molecule has 8 nitrogen and oxygen atoms in total. The van der Waals surface area contributed by atoms with Gasteiger partial charge in [0.05, 0.1) is 16.9 Å². The Morgan fingerprint density at radius 2 is 1.84 bits per heavy atom. The van der Waals surface area contributed by atoms with E-state index >= 15 is 0 Å². The molecule has 2 amide bonds. The molecule has 4 rings (SSSR count). The van der Waals surface area contributed by atoms with E-state index in [0.29, 0.717) is 10.8 Å². The van der Waals surface area contributed by atoms with Gasteiger partial charge in [-0.05, 0) is 19.1 Å². The molecule has 0 aliphatic carbocycles. The standard InChI is InChI=1S/C22H17N3O5S/c1-13-6-8-14(9-7-13)16-12-31-22(23-16)24-18(26)11-30-19(27)10-25-17-5-3-2-4-15(17)20(28)21(25)29/h2-9,12H,10-11H2,1H3,(H,23,24,26). The van der Waals surface area contributed by atoms with Gasteiger partial charge in [-0.1, -0.05) is 42.0 Å². The third-order valence-electron chi connectivity index (χ3n) is 4.63. The normalized spacial score (nSPS) is 12.6. The van der Waals surface area contributed by atoms with Gasteiger partial charge in [0.15, 0.2) is 11.7 Å². The first-order chi connectivity index (χ1) is 14.9. The molecule has 0 saturated carbocycles. The fourth-order valence-corrected chi connectivity index (χ4v) is 3.81. The van der Waals surface area contributed by atoms with Crippen molar-refractivity contribution in [1.29, 1.82) is 0 Å². The second-order valence-corrected chi connectivity index (χ2v) is 7.71. The molecule has 0 saturated heterocycles. The Kier molecular flexibility index (Phi) is 5.59. The van der Waals surface area contributed by atoms with Crippen molar-refractivity contribution in [2.45, 2.75) is 6.92 Å². The Balaban J connectivity index is 1.30. The summed E-state index contributed by atoms with van der Waals surface area (Å²) in [5.74, 6) is -2.82. The molecule has 0 unspecified atom stereocenters. The molecule has 3 aromatic rings. The Bertz CT molecular complexity index is 1190. The SMILES string of the molecule is Cc1ccc(-c2csc(NC(=O)COC(=O)CN3C(=O)C(=O)c4ccccc43)n2)cc1. The van der Waals surface area contributed by atoms with Crippen molar-refractivity contribution in [2.24, 2.45) is 0 Å². The molecule has 1 aliphatic heterocycles. The van der Waals surface area contributed by atoms with Gasteiger partial charge in [-0.25, -0.2) is 4.98 Å². The molecule has 0 fully saturated rings. The number of para-hydroxylation sites is 1. The molecule has 0 atom stereocenters. The summed E-state index contributed by atoms with van der Waals surface area (Å²) in [6.07, 6.45) is 0. The van der Waals surface area contributed by atoms with E-state index < -0.39 is 36.7 Å². The summed E-state index contributed by atoms with van der Waals surface area (Å²) in [6.45, 7) is 1.01. The van der Waals surface area contributed by atoms with E-state index in [1.165, 1.54) is 17.4 Å². The van der Waals surface area contributed by atoms with Crippen LogP contribution in [0, 0.1) is 6.92 Å². The predicted octanol–water partition coefficient (Wildman–Crippen LogP) is 2.83. The van der Waals surface area contributed by atoms with E-state index in [2.05, 4.69) is 10.3 Å². The van der Waals surface area contributed by atoms with Gasteiger partial charge in [0.25, 0.3) is 17.6 Å². The van der Waals surface area contributed by atoms with E-state index in [1.807, 2.05) is 36.6 Å². The number of ketones is 1. The molecule has 156 valence electrons. The first-order valence-corrected chi connectivity index (χ1v) is 10.2. The van der Waals surface area contributed by atoms with E-state index in [0.717, 1.165) is 21.7 Å². The molecule has 0 spiro atoms. The van der Waals surface area contributed by atoms with Crippen LogP contribution in [-0.2, 0) is 19.1 Å². The number of rotatable bonds is 6. The first-order valence-electron chi connectivity index (χ1n) is 9.35. The Labute approximate surface area is 181 Å². The van der Waals surface area contributed by atoms with Crippen LogP contribution < -0.4 is 10.2 Å². The number of Topliss-reactive ketones (excluding diaryl/α,β-unsaturated/α-hetero) is 1. The minimum absolute atomic E-state index is 0.242. The van der Waals surface area contributed by atoms with Crippen LogP contribution >= 0.6 is 11.3 Å². The van der Waals surface area contributed by atoms with E-state index in [1.54, 1.807) is 18.2 Å². The lowest BCUT2D eigenvalue weighted by Gasteiger charge is -2.15. The second kappa shape index (κ2) is 8.49. The van der Waals surface area contributed by atoms with Crippen LogP contribution in [0.2, 0.25) is 0 Å². The number of benzene rings is 2. The number of amides is 2. The van der Waals surface area contributed by atoms with Crippen LogP contribution in [-0.4, -0.2) is 41.7 Å². The van der Waals surface area contributed by atoms with E-state index in [4.69, 9.17) is 4.74 Å². The van der Waals surface area contributed by atoms with Gasteiger partial charge in [0.1, 0.15) is 6.54 Å². The monoisotopic (exact) mass is 435 g/mol. The molecular formula is C22H17N3O5S. The third-order valence-corrected chi connectivity index (χ3v) is 5.39. The van der Waals surface area contributed by atoms with Crippen LogP contribution in [0.4, 0.5) is 10.8 Å². The van der Waals surface area contributed by atoms with Crippen molar-refractivity contribution >= 4 is 45.7 Å². The number of thiazole rings is 1. The van der Waals surface area contributed by atoms with Crippen molar-refractivity contribution in [3.05, 3.63) is 65.0 Å². The summed E-state index contributed by atoms with van der Waals surface area (Å²) in [7, 11) is 0. The quantitative estimate of drug-likeness (QED) is 0.472. The van der Waals surface area contributed by atoms with E-state index in [-0.39, 0.29) is 5.56 Å². The minimum atomic E-state index is -0.799. The van der Waals surface area contributed by atoms with Gasteiger partial charge in [0, 0.05) is 10.9 Å². The Morgan fingerprint density at radius 3 is 2.61 bits per heavy atom. The molecule has 1 N–H and O–H groups in total. The highest BCUT2D eigenvalue weighted by Gasteiger charge is 2.36. The fourth-order valence-electron chi connectivity index (χ4n) is 3.07. The molecular weight excluding hydrogens is 418 g/mol. The number of carbonyl (C=O) groups is 4. The van der Waals surface area contributed by atoms with Crippen molar-refractivity contribution < 1.29 is 23.9 Å². The number of anilines is 2. The maximum Gasteiger partial charge on any atom is 0.326 e. The van der Waals surface area contributed by atoms with Crippen LogP contribution in [0.15, 0.2) is 53.9 Å². The zero-order chi connectivity index (χ0) is 22.0. The lowest BCUT2D eigenvalue weighted by atomic mass is 10.1. The number of ether oxygens (including phenoxy) is 1. The van der Waals surface area contributed by atoms with Gasteiger partial charge in [-0.2, -0.15) is 0 Å². The zero-order valence-electron chi connectivity index (χ0n) is 16.5. The number of aromatic nitrogens is 1. The average Bonchev–Trinajstić information content (AvgIpc) is 3.32. The topological polar surface area (TPSA) is 106 Å². The fraction of sp³-hybridized carbons (Fsp3) is 0.136. The molecule has 1 aliphatic rings. The molecule has 0 radical (unpaired) electrons. The first kappa shape index (κ1) is 20.4. The Morgan fingerprint density at radius 1 is 1.10 bits per heavy atom. The number of fused-ring (bicyclic) bond motifs is 1.